The molecule has 0 aliphatic carbocycles. The van der Waals surface area contributed by atoms with E-state index in [9.17, 15) is 4.39 Å². The molecule has 132 valence electrons. The first-order valence-electron chi connectivity index (χ1n) is 8.93. The van der Waals surface area contributed by atoms with Crippen molar-refractivity contribution in [1.82, 2.24) is 19.9 Å². The predicted octanol–water partition coefficient (Wildman–Crippen LogP) is 2.02. The Morgan fingerprint density at radius 3 is 2.68 bits per heavy atom. The fourth-order valence-electron chi connectivity index (χ4n) is 4.26. The lowest BCUT2D eigenvalue weighted by atomic mass is 10.1. The largest absolute Gasteiger partial charge is 0.381 e. The monoisotopic (exact) mass is 344 g/mol. The first kappa shape index (κ1) is 15.4. The molecule has 0 N–H and O–H groups in total. The van der Waals surface area contributed by atoms with Gasteiger partial charge in [0.2, 0.25) is 0 Å². The third-order valence-electron chi connectivity index (χ3n) is 5.63. The van der Waals surface area contributed by atoms with E-state index in [1.165, 1.54) is 12.1 Å². The Bertz CT molecular complexity index is 757. The van der Waals surface area contributed by atoms with E-state index >= 15 is 0 Å². The summed E-state index contributed by atoms with van der Waals surface area (Å²) in [6, 6.07) is 7.18. The predicted molar refractivity (Wildman–Crippen MR) is 88.4 cm³/mol. The van der Waals surface area contributed by atoms with Crippen LogP contribution in [0, 0.1) is 5.82 Å². The van der Waals surface area contributed by atoms with Crippen molar-refractivity contribution in [1.29, 1.82) is 0 Å². The van der Waals surface area contributed by atoms with Crippen molar-refractivity contribution < 1.29 is 13.9 Å². The van der Waals surface area contributed by atoms with Crippen LogP contribution in [-0.4, -0.2) is 58.3 Å². The number of hydrogen-bond donors (Lipinski definition) is 0. The van der Waals surface area contributed by atoms with Crippen molar-refractivity contribution in [3.05, 3.63) is 35.8 Å². The quantitative estimate of drug-likeness (QED) is 0.834. The highest BCUT2D eigenvalue weighted by Gasteiger charge is 2.42. The highest BCUT2D eigenvalue weighted by molar-refractivity contribution is 5.61. The minimum absolute atomic E-state index is 0.165. The van der Waals surface area contributed by atoms with Gasteiger partial charge in [0, 0.05) is 37.9 Å². The van der Waals surface area contributed by atoms with Crippen LogP contribution in [0.1, 0.15) is 24.6 Å². The van der Waals surface area contributed by atoms with Crippen LogP contribution in [0.25, 0.3) is 11.3 Å². The second-order valence-corrected chi connectivity index (χ2v) is 7.05. The fourth-order valence-corrected chi connectivity index (χ4v) is 4.26. The number of rotatable bonds is 2. The lowest BCUT2D eigenvalue weighted by Gasteiger charge is -2.30. The van der Waals surface area contributed by atoms with E-state index in [4.69, 9.17) is 9.47 Å². The lowest BCUT2D eigenvalue weighted by molar-refractivity contribution is -0.00870. The van der Waals surface area contributed by atoms with Gasteiger partial charge in [-0.15, -0.1) is 5.10 Å². The topological polar surface area (TPSA) is 52.4 Å². The van der Waals surface area contributed by atoms with E-state index in [1.807, 2.05) is 4.68 Å². The molecule has 4 heterocycles. The van der Waals surface area contributed by atoms with Crippen LogP contribution in [0.3, 0.4) is 0 Å². The van der Waals surface area contributed by atoms with Crippen molar-refractivity contribution in [3.8, 4) is 11.3 Å². The van der Waals surface area contributed by atoms with Gasteiger partial charge < -0.3 is 9.47 Å². The number of halogens is 1. The average molecular weight is 344 g/mol. The number of nitrogens with zero attached hydrogens (tertiary/aromatic N) is 4. The zero-order chi connectivity index (χ0) is 16.8. The number of aromatic nitrogens is 3. The van der Waals surface area contributed by atoms with Crippen LogP contribution in [-0.2, 0) is 16.1 Å². The maximum Gasteiger partial charge on any atom is 0.123 e. The second-order valence-electron chi connectivity index (χ2n) is 7.05. The first-order chi connectivity index (χ1) is 12.3. The first-order valence-corrected chi connectivity index (χ1v) is 8.93. The normalized spacial score (nSPS) is 27.2. The summed E-state index contributed by atoms with van der Waals surface area (Å²) in [7, 11) is 0. The van der Waals surface area contributed by atoms with Crippen LogP contribution in [0.4, 0.5) is 4.39 Å². The molecule has 7 heteroatoms. The SMILES string of the molecule is Fc1ccc(-c2nnn3c2CO[C@H]2CN(C4CCOCC4)C[C@@H]23)cc1. The molecule has 3 aliphatic rings. The number of benzene rings is 1. The molecule has 3 aliphatic heterocycles. The third-order valence-corrected chi connectivity index (χ3v) is 5.63. The minimum Gasteiger partial charge on any atom is -0.381 e. The summed E-state index contributed by atoms with van der Waals surface area (Å²) < 4.78 is 26.8. The van der Waals surface area contributed by atoms with Gasteiger partial charge in [0.05, 0.1) is 24.4 Å². The van der Waals surface area contributed by atoms with E-state index in [1.54, 1.807) is 12.1 Å². The fraction of sp³-hybridized carbons (Fsp3) is 0.556. The van der Waals surface area contributed by atoms with Gasteiger partial charge in [0.25, 0.3) is 0 Å². The zero-order valence-corrected chi connectivity index (χ0v) is 14.0. The Morgan fingerprint density at radius 1 is 1.08 bits per heavy atom. The smallest absolute Gasteiger partial charge is 0.123 e. The molecule has 2 aromatic rings. The summed E-state index contributed by atoms with van der Waals surface area (Å²) in [4.78, 5) is 2.52. The van der Waals surface area contributed by atoms with E-state index in [0.717, 1.165) is 56.1 Å². The van der Waals surface area contributed by atoms with Gasteiger partial charge >= 0.3 is 0 Å². The van der Waals surface area contributed by atoms with E-state index in [0.29, 0.717) is 12.6 Å². The Hall–Kier alpha value is -1.83. The molecular formula is C18H21FN4O2. The van der Waals surface area contributed by atoms with Crippen molar-refractivity contribution in [3.63, 3.8) is 0 Å². The van der Waals surface area contributed by atoms with Crippen LogP contribution < -0.4 is 0 Å². The van der Waals surface area contributed by atoms with Gasteiger partial charge in [0.1, 0.15) is 11.5 Å². The summed E-state index contributed by atoms with van der Waals surface area (Å²) in [6.45, 7) is 4.08. The van der Waals surface area contributed by atoms with Crippen molar-refractivity contribution >= 4 is 0 Å². The maximum atomic E-state index is 13.2. The Balaban J connectivity index is 1.41. The Morgan fingerprint density at radius 2 is 1.88 bits per heavy atom. The average Bonchev–Trinajstić information content (AvgIpc) is 3.27. The lowest BCUT2D eigenvalue weighted by Crippen LogP contribution is -2.38. The molecular weight excluding hydrogens is 323 g/mol. The van der Waals surface area contributed by atoms with Crippen molar-refractivity contribution in [2.75, 3.05) is 26.3 Å². The maximum absolute atomic E-state index is 13.2. The van der Waals surface area contributed by atoms with Crippen molar-refractivity contribution in [2.45, 2.75) is 37.6 Å². The van der Waals surface area contributed by atoms with Gasteiger partial charge in [-0.05, 0) is 37.1 Å². The molecule has 25 heavy (non-hydrogen) atoms. The molecule has 2 fully saturated rings. The number of likely N-dealkylation sites (tertiary alicyclic amines) is 1. The van der Waals surface area contributed by atoms with Crippen LogP contribution in [0.5, 0.6) is 0 Å². The summed E-state index contributed by atoms with van der Waals surface area (Å²) in [5.41, 5.74) is 2.66. The molecule has 6 nitrogen and oxygen atoms in total. The third kappa shape index (κ3) is 2.67. The van der Waals surface area contributed by atoms with Gasteiger partial charge in [-0.2, -0.15) is 0 Å². The molecule has 0 unspecified atom stereocenters. The van der Waals surface area contributed by atoms with Crippen LogP contribution >= 0.6 is 0 Å². The molecule has 2 atom stereocenters. The molecule has 2 saturated heterocycles. The molecule has 1 aromatic heterocycles. The van der Waals surface area contributed by atoms with E-state index < -0.39 is 0 Å². The molecule has 1 aromatic carbocycles. The highest BCUT2D eigenvalue weighted by Crippen LogP contribution is 2.36. The Labute approximate surface area is 145 Å². The van der Waals surface area contributed by atoms with E-state index in [2.05, 4.69) is 15.2 Å². The van der Waals surface area contributed by atoms with Crippen LogP contribution in [0.15, 0.2) is 24.3 Å². The molecule has 0 bridgehead atoms. The Kier molecular flexibility index (Phi) is 3.80. The van der Waals surface area contributed by atoms with E-state index in [-0.39, 0.29) is 18.0 Å². The summed E-state index contributed by atoms with van der Waals surface area (Å²) >= 11 is 0. The highest BCUT2D eigenvalue weighted by atomic mass is 19.1. The molecule has 0 spiro atoms. The van der Waals surface area contributed by atoms with Gasteiger partial charge in [-0.1, -0.05) is 5.21 Å². The van der Waals surface area contributed by atoms with Gasteiger partial charge in [0.15, 0.2) is 0 Å². The molecule has 5 rings (SSSR count). The molecule has 0 amide bonds. The van der Waals surface area contributed by atoms with Gasteiger partial charge in [-0.3, -0.25) is 4.90 Å². The van der Waals surface area contributed by atoms with Crippen LogP contribution in [0.2, 0.25) is 0 Å². The standard InChI is InChI=1S/C18H21FN4O2/c19-13-3-1-12(2-4-13)18-16-11-25-17-10-22(14-5-7-24-8-6-14)9-15(17)23(16)21-20-18/h1-4,14-15,17H,5-11H2/t15-,17-/m0/s1. The number of hydrogen-bond acceptors (Lipinski definition) is 5. The molecule has 0 saturated carbocycles. The molecule has 0 radical (unpaired) electrons. The number of fused-ring (bicyclic) bond motifs is 3. The summed E-state index contributed by atoms with van der Waals surface area (Å²) in [5, 5.41) is 8.79. The second kappa shape index (κ2) is 6.16. The summed E-state index contributed by atoms with van der Waals surface area (Å²) in [5.74, 6) is -0.246. The number of ether oxygens (including phenoxy) is 2. The zero-order valence-electron chi connectivity index (χ0n) is 14.0. The summed E-state index contributed by atoms with van der Waals surface area (Å²) in [6.07, 6.45) is 2.34. The minimum atomic E-state index is -0.246. The van der Waals surface area contributed by atoms with Gasteiger partial charge in [-0.25, -0.2) is 9.07 Å². The van der Waals surface area contributed by atoms with Crippen molar-refractivity contribution in [2.24, 2.45) is 0 Å².